The lowest BCUT2D eigenvalue weighted by Crippen LogP contribution is -2.41. The van der Waals surface area contributed by atoms with Crippen LogP contribution in [0, 0.1) is 10.1 Å². The Hall–Kier alpha value is -1.16. The second kappa shape index (κ2) is 2.42. The van der Waals surface area contributed by atoms with Gasteiger partial charge >= 0.3 is 0 Å². The Balaban J connectivity index is 2.43. The normalized spacial score (nSPS) is 25.5. The summed E-state index contributed by atoms with van der Waals surface area (Å²) in [6, 6.07) is 0. The Bertz CT molecular complexity index is 329. The summed E-state index contributed by atoms with van der Waals surface area (Å²) in [5.74, 6) is 0. The van der Waals surface area contributed by atoms with Gasteiger partial charge in [-0.3, -0.25) is 0 Å². The molecule has 13 heavy (non-hydrogen) atoms. The van der Waals surface area contributed by atoms with Crippen LogP contribution in [0.1, 0.15) is 26.7 Å². The van der Waals surface area contributed by atoms with Crippen molar-refractivity contribution in [1.82, 2.24) is 5.06 Å². The van der Waals surface area contributed by atoms with Gasteiger partial charge in [0.2, 0.25) is 0 Å². The first-order chi connectivity index (χ1) is 6.05. The molecule has 0 aromatic carbocycles. The molecule has 0 unspecified atom stereocenters. The summed E-state index contributed by atoms with van der Waals surface area (Å²) >= 11 is 0. The van der Waals surface area contributed by atoms with E-state index in [0.717, 1.165) is 9.82 Å². The molecule has 0 spiro atoms. The summed E-state index contributed by atoms with van der Waals surface area (Å²) in [6.45, 7) is 3.29. The van der Waals surface area contributed by atoms with Crippen molar-refractivity contribution in [3.8, 4) is 0 Å². The van der Waals surface area contributed by atoms with Gasteiger partial charge in [-0.2, -0.15) is 0 Å². The summed E-state index contributed by atoms with van der Waals surface area (Å²) in [7, 11) is 0. The van der Waals surface area contributed by atoms with Gasteiger partial charge in [-0.15, -0.1) is 0 Å². The molecule has 0 aromatic rings. The molecule has 0 N–H and O–H groups in total. The van der Waals surface area contributed by atoms with Crippen LogP contribution in [0.4, 0.5) is 0 Å². The Morgan fingerprint density at radius 3 is 2.69 bits per heavy atom. The molecule has 0 saturated heterocycles. The summed E-state index contributed by atoms with van der Waals surface area (Å²) in [4.78, 5) is 11.7. The number of nitrogens with zero attached hydrogens (tertiary/aromatic N) is 2. The molecule has 1 heterocycles. The summed E-state index contributed by atoms with van der Waals surface area (Å²) in [6.07, 6.45) is 5.03. The van der Waals surface area contributed by atoms with E-state index in [2.05, 4.69) is 0 Å². The van der Waals surface area contributed by atoms with E-state index in [1.807, 2.05) is 12.2 Å². The van der Waals surface area contributed by atoms with Crippen LogP contribution in [0.5, 0.6) is 0 Å². The fourth-order valence-electron chi connectivity index (χ4n) is 1.77. The molecule has 2 aliphatic rings. The molecule has 0 radical (unpaired) electrons. The van der Waals surface area contributed by atoms with Crippen molar-refractivity contribution in [1.29, 1.82) is 0 Å². The van der Waals surface area contributed by atoms with E-state index in [9.17, 15) is 10.1 Å². The maximum Gasteiger partial charge on any atom is 0.276 e. The van der Waals surface area contributed by atoms with Crippen molar-refractivity contribution in [3.05, 3.63) is 33.7 Å². The van der Waals surface area contributed by atoms with Gasteiger partial charge in [0.05, 0.1) is 16.9 Å². The molecular weight excluding hydrogens is 168 g/mol. The van der Waals surface area contributed by atoms with Gasteiger partial charge in [-0.05, 0) is 0 Å². The van der Waals surface area contributed by atoms with Crippen LogP contribution in [0.3, 0.4) is 0 Å². The number of hydroxylamine groups is 2. The van der Waals surface area contributed by atoms with Crippen LogP contribution in [-0.2, 0) is 0 Å². The Morgan fingerprint density at radius 2 is 2.08 bits per heavy atom. The predicted octanol–water partition coefficient (Wildman–Crippen LogP) is 1.88. The van der Waals surface area contributed by atoms with Gasteiger partial charge < -0.3 is 10.3 Å². The highest BCUT2D eigenvalue weighted by Crippen LogP contribution is 2.37. The molecule has 2 rings (SSSR count). The third kappa shape index (κ3) is 0.951. The molecule has 0 bridgehead atoms. The van der Waals surface area contributed by atoms with Crippen molar-refractivity contribution in [2.24, 2.45) is 0 Å². The Kier molecular flexibility index (Phi) is 1.57. The van der Waals surface area contributed by atoms with E-state index in [1.54, 1.807) is 13.8 Å². The number of rotatable bonds is 0. The molecule has 0 atom stereocenters. The van der Waals surface area contributed by atoms with E-state index in [-0.39, 0.29) is 0 Å². The zero-order valence-electron chi connectivity index (χ0n) is 7.78. The maximum absolute atomic E-state index is 11.7. The molecule has 4 heteroatoms. The lowest BCUT2D eigenvalue weighted by atomic mass is 10.1. The molecule has 0 saturated carbocycles. The predicted molar refractivity (Wildman–Crippen MR) is 48.3 cm³/mol. The first-order valence-electron chi connectivity index (χ1n) is 4.37. The quantitative estimate of drug-likeness (QED) is 0.422. The third-order valence-corrected chi connectivity index (χ3v) is 2.61. The highest BCUT2D eigenvalue weighted by atomic mass is 16.5. The van der Waals surface area contributed by atoms with Crippen molar-refractivity contribution < 1.29 is 4.76 Å². The van der Waals surface area contributed by atoms with Gasteiger partial charge in [0.1, 0.15) is 0 Å². The van der Waals surface area contributed by atoms with Crippen molar-refractivity contribution >= 4 is 0 Å². The fourth-order valence-corrected chi connectivity index (χ4v) is 1.77. The zero-order chi connectivity index (χ0) is 9.64. The SMILES string of the molecule is CC1(C)N([O-])C2=C(CC=CC2)[N+]1=O. The molecule has 0 fully saturated rings. The highest BCUT2D eigenvalue weighted by molar-refractivity contribution is 5.23. The van der Waals surface area contributed by atoms with E-state index >= 15 is 0 Å². The molecule has 0 amide bonds. The number of hydrogen-bond donors (Lipinski definition) is 0. The van der Waals surface area contributed by atoms with Crippen molar-refractivity contribution in [3.63, 3.8) is 0 Å². The van der Waals surface area contributed by atoms with Gasteiger partial charge in [0.15, 0.2) is 0 Å². The maximum atomic E-state index is 11.7. The van der Waals surface area contributed by atoms with Crippen LogP contribution in [0.2, 0.25) is 0 Å². The number of allylic oxidation sites excluding steroid dienone is 2. The van der Waals surface area contributed by atoms with E-state index < -0.39 is 5.66 Å². The van der Waals surface area contributed by atoms with Crippen molar-refractivity contribution in [2.45, 2.75) is 32.4 Å². The van der Waals surface area contributed by atoms with Crippen LogP contribution in [0.25, 0.3) is 0 Å². The first kappa shape index (κ1) is 8.44. The number of nitroso groups, excluding NO2 is 1. The van der Waals surface area contributed by atoms with E-state index in [4.69, 9.17) is 0 Å². The summed E-state index contributed by atoms with van der Waals surface area (Å²) < 4.78 is 0.832. The topological polar surface area (TPSA) is 46.4 Å². The molecule has 0 aromatic heterocycles. The summed E-state index contributed by atoms with van der Waals surface area (Å²) in [5.41, 5.74) is 0.293. The van der Waals surface area contributed by atoms with Gasteiger partial charge in [0, 0.05) is 25.2 Å². The van der Waals surface area contributed by atoms with Gasteiger partial charge in [0.25, 0.3) is 11.4 Å². The minimum Gasteiger partial charge on any atom is -0.753 e. The smallest absolute Gasteiger partial charge is 0.276 e. The molecule has 1 aliphatic heterocycles. The zero-order valence-corrected chi connectivity index (χ0v) is 7.78. The van der Waals surface area contributed by atoms with Crippen LogP contribution >= 0.6 is 0 Å². The second-order valence-corrected chi connectivity index (χ2v) is 3.86. The van der Waals surface area contributed by atoms with E-state index in [1.165, 1.54) is 0 Å². The molecular formula is C9H12N2O2. The molecule has 1 aliphatic carbocycles. The average Bonchev–Trinajstić information content (AvgIpc) is 2.30. The van der Waals surface area contributed by atoms with E-state index in [0.29, 0.717) is 24.2 Å². The highest BCUT2D eigenvalue weighted by Gasteiger charge is 2.49. The Labute approximate surface area is 76.7 Å². The van der Waals surface area contributed by atoms with Crippen LogP contribution < -0.4 is 0 Å². The van der Waals surface area contributed by atoms with Crippen LogP contribution in [0.15, 0.2) is 23.5 Å². The standard InChI is InChI=1S/C9H12N2O2/c1-9(2)10(12)7-5-3-4-6-8(7)11(9)13/h3-4H,5-6H2,1-2H3. The monoisotopic (exact) mass is 180 g/mol. The minimum absolute atomic E-state index is 0.584. The van der Waals surface area contributed by atoms with Crippen molar-refractivity contribution in [2.75, 3.05) is 0 Å². The number of hydrogen-bond acceptors (Lipinski definition) is 3. The molecule has 4 nitrogen and oxygen atoms in total. The van der Waals surface area contributed by atoms with Crippen LogP contribution in [-0.4, -0.2) is 15.5 Å². The Morgan fingerprint density at radius 1 is 1.46 bits per heavy atom. The lowest BCUT2D eigenvalue weighted by Gasteiger charge is -2.33. The second-order valence-electron chi connectivity index (χ2n) is 3.86. The lowest BCUT2D eigenvalue weighted by molar-refractivity contribution is -0.585. The third-order valence-electron chi connectivity index (χ3n) is 2.61. The summed E-state index contributed by atoms with van der Waals surface area (Å²) in [5, 5.41) is 12.5. The fraction of sp³-hybridized carbons (Fsp3) is 0.556. The van der Waals surface area contributed by atoms with Gasteiger partial charge in [-0.25, -0.2) is 0 Å². The molecule has 70 valence electrons. The average molecular weight is 180 g/mol. The largest absolute Gasteiger partial charge is 0.753 e. The minimum atomic E-state index is -0.962. The first-order valence-corrected chi connectivity index (χ1v) is 4.37. The van der Waals surface area contributed by atoms with Gasteiger partial charge in [-0.1, -0.05) is 12.2 Å².